The number of rotatable bonds is 9. The second kappa shape index (κ2) is 9.78. The molecule has 0 heterocycles. The number of nitrogens with zero attached hydrogens (tertiary/aromatic N) is 1. The molecule has 0 saturated heterocycles. The minimum atomic E-state index is -3.77. The van der Waals surface area contributed by atoms with Gasteiger partial charge in [-0.1, -0.05) is 43.3 Å². The third kappa shape index (κ3) is 5.52. The predicted molar refractivity (Wildman–Crippen MR) is 120 cm³/mol. The molecule has 0 unspecified atom stereocenters. The number of sulfonamides is 1. The largest absolute Gasteiger partial charge is 0.491 e. The molecule has 3 aromatic carbocycles. The van der Waals surface area contributed by atoms with E-state index in [1.54, 1.807) is 6.92 Å². The van der Waals surface area contributed by atoms with E-state index < -0.39 is 27.8 Å². The minimum Gasteiger partial charge on any atom is -0.491 e. The Balaban J connectivity index is 1.66. The lowest BCUT2D eigenvalue weighted by atomic mass is 10.1. The summed E-state index contributed by atoms with van der Waals surface area (Å²) in [6.07, 6.45) is 1.27. The number of carbonyl (C=O) groups is 1. The number of halogens is 1. The van der Waals surface area contributed by atoms with Crippen molar-refractivity contribution in [2.24, 2.45) is 0 Å². The van der Waals surface area contributed by atoms with Crippen LogP contribution in [0.1, 0.15) is 13.3 Å². The van der Waals surface area contributed by atoms with E-state index in [-0.39, 0.29) is 25.3 Å². The number of hydrogen-bond donors (Lipinski definition) is 1. The molecule has 3 aromatic rings. The summed E-state index contributed by atoms with van der Waals surface area (Å²) in [7, 11) is -3.77. The first-order valence-electron chi connectivity index (χ1n) is 9.94. The zero-order valence-electron chi connectivity index (χ0n) is 17.4. The van der Waals surface area contributed by atoms with Crippen LogP contribution in [-0.2, 0) is 14.8 Å². The van der Waals surface area contributed by atoms with Crippen LogP contribution in [0.5, 0.6) is 5.75 Å². The van der Waals surface area contributed by atoms with Gasteiger partial charge in [0.1, 0.15) is 24.2 Å². The molecule has 1 N–H and O–H groups in total. The van der Waals surface area contributed by atoms with Crippen molar-refractivity contribution in [2.75, 3.05) is 23.7 Å². The first kappa shape index (κ1) is 22.6. The molecule has 0 fully saturated rings. The molecule has 164 valence electrons. The van der Waals surface area contributed by atoms with Crippen LogP contribution in [-0.4, -0.2) is 39.8 Å². The monoisotopic (exact) mass is 444 g/mol. The van der Waals surface area contributed by atoms with Gasteiger partial charge in [0, 0.05) is 5.39 Å². The summed E-state index contributed by atoms with van der Waals surface area (Å²) in [6.45, 7) is 2.16. The van der Waals surface area contributed by atoms with Gasteiger partial charge < -0.3 is 10.1 Å². The van der Waals surface area contributed by atoms with Gasteiger partial charge in [-0.2, -0.15) is 0 Å². The molecular weight excluding hydrogens is 419 g/mol. The van der Waals surface area contributed by atoms with Crippen molar-refractivity contribution in [3.05, 3.63) is 72.5 Å². The number of carbonyl (C=O) groups excluding carboxylic acids is 1. The Hall–Kier alpha value is -3.13. The summed E-state index contributed by atoms with van der Waals surface area (Å²) in [4.78, 5) is 12.8. The molecule has 3 rings (SSSR count). The van der Waals surface area contributed by atoms with Crippen molar-refractivity contribution in [1.82, 2.24) is 5.32 Å². The molecule has 0 aliphatic rings. The molecule has 0 saturated carbocycles. The highest BCUT2D eigenvalue weighted by Gasteiger charge is 2.31. The number of anilines is 1. The SMILES string of the molecule is CC[C@H](C(=O)NCCOc1cccc2ccccc12)N(c1ccc(F)cc1)S(C)(=O)=O. The van der Waals surface area contributed by atoms with Gasteiger partial charge in [0.15, 0.2) is 0 Å². The third-order valence-electron chi connectivity index (χ3n) is 4.82. The second-order valence-corrected chi connectivity index (χ2v) is 8.94. The number of amides is 1. The number of hydrogen-bond acceptors (Lipinski definition) is 4. The third-order valence-corrected chi connectivity index (χ3v) is 6.00. The Morgan fingerprint density at radius 3 is 2.42 bits per heavy atom. The van der Waals surface area contributed by atoms with Crippen LogP contribution in [0.2, 0.25) is 0 Å². The number of fused-ring (bicyclic) bond motifs is 1. The maximum Gasteiger partial charge on any atom is 0.244 e. The fraction of sp³-hybridized carbons (Fsp3) is 0.261. The van der Waals surface area contributed by atoms with Gasteiger partial charge in [0.05, 0.1) is 18.5 Å². The fourth-order valence-electron chi connectivity index (χ4n) is 3.42. The van der Waals surface area contributed by atoms with Gasteiger partial charge in [-0.3, -0.25) is 9.10 Å². The van der Waals surface area contributed by atoms with E-state index in [0.717, 1.165) is 33.5 Å². The summed E-state index contributed by atoms with van der Waals surface area (Å²) >= 11 is 0. The molecule has 0 aromatic heterocycles. The maximum absolute atomic E-state index is 13.3. The summed E-state index contributed by atoms with van der Waals surface area (Å²) in [6, 6.07) is 17.6. The molecule has 0 radical (unpaired) electrons. The van der Waals surface area contributed by atoms with Crippen molar-refractivity contribution in [3.8, 4) is 5.75 Å². The van der Waals surface area contributed by atoms with Gasteiger partial charge in [-0.25, -0.2) is 12.8 Å². The van der Waals surface area contributed by atoms with Crippen LogP contribution >= 0.6 is 0 Å². The molecule has 0 aliphatic heterocycles. The van der Waals surface area contributed by atoms with Gasteiger partial charge in [0.25, 0.3) is 0 Å². The zero-order valence-corrected chi connectivity index (χ0v) is 18.2. The Morgan fingerprint density at radius 2 is 1.74 bits per heavy atom. The highest BCUT2D eigenvalue weighted by molar-refractivity contribution is 7.92. The first-order chi connectivity index (χ1) is 14.8. The van der Waals surface area contributed by atoms with E-state index in [2.05, 4.69) is 5.32 Å². The van der Waals surface area contributed by atoms with E-state index in [1.807, 2.05) is 42.5 Å². The lowest BCUT2D eigenvalue weighted by Gasteiger charge is -2.30. The van der Waals surface area contributed by atoms with Crippen molar-refractivity contribution >= 4 is 32.4 Å². The number of benzene rings is 3. The van der Waals surface area contributed by atoms with Crippen molar-refractivity contribution in [2.45, 2.75) is 19.4 Å². The Bertz CT molecular complexity index is 1140. The maximum atomic E-state index is 13.3. The van der Waals surface area contributed by atoms with Crippen LogP contribution in [0.25, 0.3) is 10.8 Å². The first-order valence-corrected chi connectivity index (χ1v) is 11.8. The Morgan fingerprint density at radius 1 is 1.06 bits per heavy atom. The van der Waals surface area contributed by atoms with Crippen LogP contribution in [0.3, 0.4) is 0 Å². The van der Waals surface area contributed by atoms with E-state index >= 15 is 0 Å². The number of ether oxygens (including phenoxy) is 1. The smallest absolute Gasteiger partial charge is 0.244 e. The summed E-state index contributed by atoms with van der Waals surface area (Å²) in [5.74, 6) is -0.220. The van der Waals surface area contributed by atoms with Crippen LogP contribution < -0.4 is 14.4 Å². The van der Waals surface area contributed by atoms with E-state index in [4.69, 9.17) is 4.74 Å². The Labute approximate surface area is 181 Å². The summed E-state index contributed by atoms with van der Waals surface area (Å²) < 4.78 is 44.9. The molecule has 8 heteroatoms. The van der Waals surface area contributed by atoms with Crippen molar-refractivity contribution in [1.29, 1.82) is 0 Å². The molecule has 0 aliphatic carbocycles. The highest BCUT2D eigenvalue weighted by Crippen LogP contribution is 2.25. The highest BCUT2D eigenvalue weighted by atomic mass is 32.2. The Kier molecular flexibility index (Phi) is 7.12. The molecule has 31 heavy (non-hydrogen) atoms. The van der Waals surface area contributed by atoms with Crippen LogP contribution in [0.15, 0.2) is 66.7 Å². The second-order valence-electron chi connectivity index (χ2n) is 7.08. The van der Waals surface area contributed by atoms with E-state index in [1.165, 1.54) is 12.1 Å². The lowest BCUT2D eigenvalue weighted by Crippen LogP contribution is -2.50. The molecule has 6 nitrogen and oxygen atoms in total. The van der Waals surface area contributed by atoms with Gasteiger partial charge in [-0.15, -0.1) is 0 Å². The minimum absolute atomic E-state index is 0.208. The summed E-state index contributed by atoms with van der Waals surface area (Å²) in [5.41, 5.74) is 0.234. The molecule has 1 atom stereocenters. The van der Waals surface area contributed by atoms with Crippen LogP contribution in [0.4, 0.5) is 10.1 Å². The zero-order chi connectivity index (χ0) is 22.4. The molecule has 0 bridgehead atoms. The van der Waals surface area contributed by atoms with Gasteiger partial charge >= 0.3 is 0 Å². The predicted octanol–water partition coefficient (Wildman–Crippen LogP) is 3.72. The average Bonchev–Trinajstić information content (AvgIpc) is 2.75. The molecule has 1 amide bonds. The van der Waals surface area contributed by atoms with Crippen molar-refractivity contribution < 1.29 is 22.3 Å². The molecule has 0 spiro atoms. The number of nitrogens with one attached hydrogen (secondary N) is 1. The summed E-state index contributed by atoms with van der Waals surface area (Å²) in [5, 5.41) is 4.77. The van der Waals surface area contributed by atoms with Gasteiger partial charge in [0.2, 0.25) is 15.9 Å². The standard InChI is InChI=1S/C23H25FN2O4S/c1-3-21(26(31(2,28)29)19-13-11-18(24)12-14-19)23(27)25-15-16-30-22-10-6-8-17-7-4-5-9-20(17)22/h4-14,21H,3,15-16H2,1-2H3,(H,25,27)/t21-/m1/s1. The normalized spacial score (nSPS) is 12.4. The lowest BCUT2D eigenvalue weighted by molar-refractivity contribution is -0.122. The van der Waals surface area contributed by atoms with E-state index in [9.17, 15) is 17.6 Å². The average molecular weight is 445 g/mol. The van der Waals surface area contributed by atoms with E-state index in [0.29, 0.717) is 5.75 Å². The topological polar surface area (TPSA) is 75.7 Å². The quantitative estimate of drug-likeness (QED) is 0.511. The van der Waals surface area contributed by atoms with Gasteiger partial charge in [-0.05, 0) is 42.1 Å². The van der Waals surface area contributed by atoms with Crippen molar-refractivity contribution in [3.63, 3.8) is 0 Å². The fourth-order valence-corrected chi connectivity index (χ4v) is 4.63. The van der Waals surface area contributed by atoms with Crippen LogP contribution in [0, 0.1) is 5.82 Å². The molecular formula is C23H25FN2O4S.